The number of pyridine rings is 1. The van der Waals surface area contributed by atoms with Crippen LogP contribution in [0.2, 0.25) is 0 Å². The molecule has 0 spiro atoms. The van der Waals surface area contributed by atoms with Crippen LogP contribution in [0.3, 0.4) is 0 Å². The molecule has 2 aromatic carbocycles. The number of nitrogens with zero attached hydrogens (tertiary/aromatic N) is 3. The van der Waals surface area contributed by atoms with Crippen LogP contribution < -0.4 is 10.6 Å². The molecule has 1 aliphatic heterocycles. The maximum Gasteiger partial charge on any atom is 0.239 e. The third kappa shape index (κ3) is 9.00. The Kier molecular flexibility index (Phi) is 10.9. The second kappa shape index (κ2) is 14.9. The van der Waals surface area contributed by atoms with Gasteiger partial charge in [-0.3, -0.25) is 24.4 Å². The number of aliphatic hydroxyl groups excluding tert-OH is 2. The van der Waals surface area contributed by atoms with E-state index in [1.165, 1.54) is 0 Å². The zero-order valence-corrected chi connectivity index (χ0v) is 27.5. The largest absolute Gasteiger partial charge is 0.392 e. The third-order valence-electron chi connectivity index (χ3n) is 8.95. The van der Waals surface area contributed by atoms with Gasteiger partial charge >= 0.3 is 0 Å². The maximum atomic E-state index is 13.8. The van der Waals surface area contributed by atoms with Gasteiger partial charge in [0, 0.05) is 62.5 Å². The van der Waals surface area contributed by atoms with E-state index in [2.05, 4.69) is 31.5 Å². The molecule has 1 aromatic heterocycles. The van der Waals surface area contributed by atoms with Gasteiger partial charge in [-0.2, -0.15) is 0 Å². The number of aromatic nitrogens is 1. The number of fused-ring (bicyclic) bond motifs is 1. The maximum absolute atomic E-state index is 13.8. The number of hydrogen-bond donors (Lipinski definition) is 4. The van der Waals surface area contributed by atoms with Gasteiger partial charge in [0.15, 0.2) is 0 Å². The number of piperazine rings is 1. The van der Waals surface area contributed by atoms with E-state index in [9.17, 15) is 19.8 Å². The molecule has 9 heteroatoms. The van der Waals surface area contributed by atoms with Crippen molar-refractivity contribution in [3.05, 3.63) is 101 Å². The minimum absolute atomic E-state index is 0.0705. The van der Waals surface area contributed by atoms with E-state index in [1.54, 1.807) is 0 Å². The number of carbonyl (C=O) groups excluding carboxylic acids is 2. The highest BCUT2D eigenvalue weighted by atomic mass is 16.3. The molecule has 1 aliphatic carbocycles. The molecule has 5 atom stereocenters. The lowest BCUT2D eigenvalue weighted by Crippen LogP contribution is -2.61. The summed E-state index contributed by atoms with van der Waals surface area (Å²) in [4.78, 5) is 36.2. The first-order chi connectivity index (χ1) is 21.9. The SMILES string of the molecule is Cc1ccc(CN2CCN(C[C@@H](O)C[C@H](Cc3ccccc3)C(=O)N[C@H]3c4ccccc4C[C@H]3O)[C@H](C(=O)NC(C)(C)C)C2)cn1. The number of aliphatic hydroxyl groups is 2. The lowest BCUT2D eigenvalue weighted by atomic mass is 9.91. The van der Waals surface area contributed by atoms with E-state index in [-0.39, 0.29) is 24.8 Å². The van der Waals surface area contributed by atoms with Crippen LogP contribution in [-0.2, 0) is 29.0 Å². The van der Waals surface area contributed by atoms with Crippen LogP contribution in [0, 0.1) is 12.8 Å². The molecular weight excluding hydrogens is 578 g/mol. The minimum Gasteiger partial charge on any atom is -0.392 e. The Morgan fingerprint density at radius 1 is 1.00 bits per heavy atom. The Morgan fingerprint density at radius 2 is 1.74 bits per heavy atom. The molecule has 2 aliphatic rings. The number of benzene rings is 2. The lowest BCUT2D eigenvalue weighted by Gasteiger charge is -2.42. The number of hydrogen-bond acceptors (Lipinski definition) is 7. The predicted molar refractivity (Wildman–Crippen MR) is 179 cm³/mol. The normalized spacial score (nSPS) is 21.7. The number of β-amino-alcohol motifs (C(OH)–C–C–N with tert-alkyl or cyclic N) is 1. The van der Waals surface area contributed by atoms with Gasteiger partial charge in [-0.25, -0.2) is 0 Å². The molecule has 0 unspecified atom stereocenters. The minimum atomic E-state index is -0.835. The molecule has 46 heavy (non-hydrogen) atoms. The number of rotatable bonds is 11. The summed E-state index contributed by atoms with van der Waals surface area (Å²) >= 11 is 0. The van der Waals surface area contributed by atoms with Gasteiger partial charge in [-0.15, -0.1) is 0 Å². The second-order valence-corrected chi connectivity index (χ2v) is 14.0. The van der Waals surface area contributed by atoms with E-state index in [1.807, 2.05) is 94.6 Å². The smallest absolute Gasteiger partial charge is 0.239 e. The zero-order chi connectivity index (χ0) is 32.8. The Bertz CT molecular complexity index is 1460. The van der Waals surface area contributed by atoms with Gasteiger partial charge in [0.2, 0.25) is 11.8 Å². The summed E-state index contributed by atoms with van der Waals surface area (Å²) in [5.74, 6) is -0.782. The van der Waals surface area contributed by atoms with Crippen LogP contribution in [0.5, 0.6) is 0 Å². The number of amides is 2. The number of nitrogens with one attached hydrogen (secondary N) is 2. The van der Waals surface area contributed by atoms with Crippen LogP contribution in [0.1, 0.15) is 61.2 Å². The van der Waals surface area contributed by atoms with Gasteiger partial charge in [-0.05, 0) is 68.9 Å². The van der Waals surface area contributed by atoms with Crippen molar-refractivity contribution in [1.82, 2.24) is 25.4 Å². The molecule has 0 radical (unpaired) electrons. The Labute approximate surface area is 273 Å². The van der Waals surface area contributed by atoms with Gasteiger partial charge in [0.05, 0.1) is 18.2 Å². The Hall–Kier alpha value is -3.63. The van der Waals surface area contributed by atoms with Crippen molar-refractivity contribution in [3.63, 3.8) is 0 Å². The molecule has 1 saturated heterocycles. The molecule has 0 bridgehead atoms. The summed E-state index contributed by atoms with van der Waals surface area (Å²) in [5, 5.41) is 28.6. The Morgan fingerprint density at radius 3 is 2.46 bits per heavy atom. The van der Waals surface area contributed by atoms with Crippen molar-refractivity contribution in [2.45, 2.75) is 83.3 Å². The predicted octanol–water partition coefficient (Wildman–Crippen LogP) is 3.18. The summed E-state index contributed by atoms with van der Waals surface area (Å²) in [6.45, 7) is 10.7. The zero-order valence-electron chi connectivity index (χ0n) is 27.5. The van der Waals surface area contributed by atoms with Gasteiger partial charge in [0.25, 0.3) is 0 Å². The quantitative estimate of drug-likeness (QED) is 0.258. The Balaban J connectivity index is 1.28. The van der Waals surface area contributed by atoms with Crippen molar-refractivity contribution in [2.75, 3.05) is 26.2 Å². The van der Waals surface area contributed by atoms with Gasteiger partial charge < -0.3 is 20.8 Å². The molecule has 2 heterocycles. The van der Waals surface area contributed by atoms with E-state index in [0.29, 0.717) is 32.5 Å². The average molecular weight is 628 g/mol. The first kappa shape index (κ1) is 33.7. The van der Waals surface area contributed by atoms with E-state index < -0.39 is 35.7 Å². The van der Waals surface area contributed by atoms with E-state index >= 15 is 0 Å². The fourth-order valence-corrected chi connectivity index (χ4v) is 6.67. The first-order valence-electron chi connectivity index (χ1n) is 16.4. The second-order valence-electron chi connectivity index (χ2n) is 14.0. The van der Waals surface area contributed by atoms with Crippen LogP contribution in [0.4, 0.5) is 0 Å². The summed E-state index contributed by atoms with van der Waals surface area (Å²) in [7, 11) is 0. The first-order valence-corrected chi connectivity index (χ1v) is 16.4. The van der Waals surface area contributed by atoms with E-state index in [0.717, 1.165) is 34.5 Å². The van der Waals surface area contributed by atoms with Crippen LogP contribution in [0.15, 0.2) is 72.9 Å². The molecule has 0 saturated carbocycles. The van der Waals surface area contributed by atoms with E-state index in [4.69, 9.17) is 0 Å². The molecular formula is C37H49N5O4. The topological polar surface area (TPSA) is 118 Å². The molecule has 246 valence electrons. The third-order valence-corrected chi connectivity index (χ3v) is 8.95. The summed E-state index contributed by atoms with van der Waals surface area (Å²) in [6, 6.07) is 20.8. The van der Waals surface area contributed by atoms with Crippen molar-refractivity contribution in [2.24, 2.45) is 5.92 Å². The molecule has 3 aromatic rings. The number of aryl methyl sites for hydroxylation is 1. The van der Waals surface area contributed by atoms with Crippen LogP contribution >= 0.6 is 0 Å². The fourth-order valence-electron chi connectivity index (χ4n) is 6.67. The number of carbonyl (C=O) groups is 2. The summed E-state index contributed by atoms with van der Waals surface area (Å²) in [5.41, 5.74) is 4.65. The van der Waals surface area contributed by atoms with Crippen molar-refractivity contribution in [1.29, 1.82) is 0 Å². The molecule has 2 amide bonds. The molecule has 5 rings (SSSR count). The van der Waals surface area contributed by atoms with Gasteiger partial charge in [-0.1, -0.05) is 60.7 Å². The highest BCUT2D eigenvalue weighted by molar-refractivity contribution is 5.83. The standard InChI is InChI=1S/C37H49N5O4/c1-25-14-15-27(21-38-25)22-41-16-17-42(32(24-41)36(46)40-37(2,3)4)23-30(43)19-29(18-26-10-6-5-7-11-26)35(45)39-34-31-13-9-8-12-28(31)20-33(34)44/h5-15,21,29-30,32-34,43-44H,16-20,22-24H2,1-4H3,(H,39,45)(H,40,46)/t29-,30-,32-,33+,34-/m0/s1. The van der Waals surface area contributed by atoms with Crippen molar-refractivity contribution in [3.8, 4) is 0 Å². The van der Waals surface area contributed by atoms with Crippen molar-refractivity contribution < 1.29 is 19.8 Å². The fraction of sp³-hybridized carbons (Fsp3) is 0.486. The highest BCUT2D eigenvalue weighted by Crippen LogP contribution is 2.32. The summed E-state index contributed by atoms with van der Waals surface area (Å²) in [6.07, 6.45) is 1.54. The van der Waals surface area contributed by atoms with Crippen LogP contribution in [-0.4, -0.2) is 86.8 Å². The lowest BCUT2D eigenvalue weighted by molar-refractivity contribution is -0.132. The van der Waals surface area contributed by atoms with Crippen LogP contribution in [0.25, 0.3) is 0 Å². The van der Waals surface area contributed by atoms with Crippen molar-refractivity contribution >= 4 is 11.8 Å². The molecule has 1 fully saturated rings. The molecule has 4 N–H and O–H groups in total. The highest BCUT2D eigenvalue weighted by Gasteiger charge is 2.37. The summed E-state index contributed by atoms with van der Waals surface area (Å²) < 4.78 is 0. The monoisotopic (exact) mass is 627 g/mol. The molecule has 9 nitrogen and oxygen atoms in total. The van der Waals surface area contributed by atoms with Gasteiger partial charge in [0.1, 0.15) is 6.04 Å². The average Bonchev–Trinajstić information content (AvgIpc) is 3.32.